The predicted octanol–water partition coefficient (Wildman–Crippen LogP) is 3.58. The van der Waals surface area contributed by atoms with Crippen molar-refractivity contribution in [2.45, 2.75) is 0 Å². The van der Waals surface area contributed by atoms with Crippen molar-refractivity contribution < 1.29 is 8.78 Å². The van der Waals surface area contributed by atoms with E-state index in [0.29, 0.717) is 16.9 Å². The van der Waals surface area contributed by atoms with Crippen LogP contribution in [0.3, 0.4) is 0 Å². The standard InChI is InChI=1S/C20H16F2N4O/c1-25-11-14(22)9-15(12-25)23-20-24-18-8-7-13(21)10-17(18)19(27)26(20)16-5-3-2-4-6-16/h2-10,12H,11H2,1H3,(H,23,24). The first-order valence-electron chi connectivity index (χ1n) is 8.34. The lowest BCUT2D eigenvalue weighted by Crippen LogP contribution is -2.25. The lowest BCUT2D eigenvalue weighted by Gasteiger charge is -2.21. The van der Waals surface area contributed by atoms with Crippen LogP contribution < -0.4 is 10.9 Å². The summed E-state index contributed by atoms with van der Waals surface area (Å²) in [5.41, 5.74) is 0.963. The van der Waals surface area contributed by atoms with Crippen molar-refractivity contribution in [3.8, 4) is 5.69 Å². The van der Waals surface area contributed by atoms with Crippen molar-refractivity contribution in [2.24, 2.45) is 0 Å². The third-order valence-corrected chi connectivity index (χ3v) is 4.17. The Morgan fingerprint density at radius 1 is 1.11 bits per heavy atom. The number of hydrogen-bond acceptors (Lipinski definition) is 4. The number of likely N-dealkylation sites (N-methyl/N-ethyl adjacent to an activating group) is 1. The summed E-state index contributed by atoms with van der Waals surface area (Å²) in [6.07, 6.45) is 3.08. The SMILES string of the molecule is CN1C=C(Nc2nc3ccc(F)cc3c(=O)n2-c2ccccc2)C=C(F)C1. The maximum absolute atomic E-state index is 13.8. The lowest BCUT2D eigenvalue weighted by atomic mass is 10.2. The van der Waals surface area contributed by atoms with E-state index in [1.54, 1.807) is 42.4 Å². The van der Waals surface area contributed by atoms with Crippen LogP contribution in [0.5, 0.6) is 0 Å². The van der Waals surface area contributed by atoms with Gasteiger partial charge in [0.1, 0.15) is 11.6 Å². The van der Waals surface area contributed by atoms with Crippen molar-refractivity contribution >= 4 is 16.9 Å². The van der Waals surface area contributed by atoms with Crippen LogP contribution in [0, 0.1) is 5.82 Å². The smallest absolute Gasteiger partial charge is 0.267 e. The highest BCUT2D eigenvalue weighted by Gasteiger charge is 2.16. The van der Waals surface area contributed by atoms with Crippen molar-refractivity contribution in [1.82, 2.24) is 14.5 Å². The summed E-state index contributed by atoms with van der Waals surface area (Å²) in [5, 5.41) is 3.18. The fourth-order valence-electron chi connectivity index (χ4n) is 3.03. The van der Waals surface area contributed by atoms with Gasteiger partial charge < -0.3 is 10.2 Å². The number of nitrogens with zero attached hydrogens (tertiary/aromatic N) is 3. The molecule has 0 radical (unpaired) electrons. The molecule has 1 aromatic heterocycles. The Labute approximate surface area is 153 Å². The molecule has 0 atom stereocenters. The fourth-order valence-corrected chi connectivity index (χ4v) is 3.03. The average molecular weight is 366 g/mol. The minimum Gasteiger partial charge on any atom is -0.372 e. The Morgan fingerprint density at radius 3 is 2.63 bits per heavy atom. The first-order valence-corrected chi connectivity index (χ1v) is 8.34. The summed E-state index contributed by atoms with van der Waals surface area (Å²) in [4.78, 5) is 19.2. The summed E-state index contributed by atoms with van der Waals surface area (Å²) in [6, 6.07) is 12.8. The predicted molar refractivity (Wildman–Crippen MR) is 101 cm³/mol. The summed E-state index contributed by atoms with van der Waals surface area (Å²) < 4.78 is 28.8. The minimum atomic E-state index is -0.511. The molecule has 1 aliphatic rings. The molecule has 1 aliphatic heterocycles. The van der Waals surface area contributed by atoms with Crippen LogP contribution in [0.25, 0.3) is 16.6 Å². The molecule has 0 saturated heterocycles. The largest absolute Gasteiger partial charge is 0.372 e. The van der Waals surface area contributed by atoms with E-state index < -0.39 is 11.4 Å². The molecule has 3 aromatic rings. The number of anilines is 1. The van der Waals surface area contributed by atoms with E-state index in [1.165, 1.54) is 28.8 Å². The van der Waals surface area contributed by atoms with Crippen LogP contribution in [0.1, 0.15) is 0 Å². The van der Waals surface area contributed by atoms with Gasteiger partial charge in [-0.25, -0.2) is 18.3 Å². The number of para-hydroxylation sites is 1. The third-order valence-electron chi connectivity index (χ3n) is 4.17. The molecular formula is C20H16F2N4O. The molecule has 0 bridgehead atoms. The highest BCUT2D eigenvalue weighted by atomic mass is 19.1. The van der Waals surface area contributed by atoms with Crippen molar-refractivity contribution in [1.29, 1.82) is 0 Å². The van der Waals surface area contributed by atoms with Crippen LogP contribution in [0.15, 0.2) is 77.1 Å². The number of allylic oxidation sites excluding steroid dienone is 1. The second-order valence-corrected chi connectivity index (χ2v) is 6.29. The normalized spacial score (nSPS) is 14.1. The number of halogens is 2. The van der Waals surface area contributed by atoms with Crippen molar-refractivity contribution in [2.75, 3.05) is 18.9 Å². The molecule has 0 saturated carbocycles. The quantitative estimate of drug-likeness (QED) is 0.770. The molecule has 0 spiro atoms. The maximum Gasteiger partial charge on any atom is 0.267 e. The molecule has 1 N–H and O–H groups in total. The van der Waals surface area contributed by atoms with Gasteiger partial charge >= 0.3 is 0 Å². The first-order chi connectivity index (χ1) is 13.0. The van der Waals surface area contributed by atoms with Gasteiger partial charge in [0, 0.05) is 13.2 Å². The summed E-state index contributed by atoms with van der Waals surface area (Å²) >= 11 is 0. The molecule has 2 heterocycles. The molecule has 4 rings (SSSR count). The maximum atomic E-state index is 13.8. The van der Waals surface area contributed by atoms with E-state index >= 15 is 0 Å². The topological polar surface area (TPSA) is 50.2 Å². The molecule has 27 heavy (non-hydrogen) atoms. The fraction of sp³-hybridized carbons (Fsp3) is 0.100. The van der Waals surface area contributed by atoms with Crippen LogP contribution in [-0.2, 0) is 0 Å². The van der Waals surface area contributed by atoms with Gasteiger partial charge in [-0.05, 0) is 36.4 Å². The summed E-state index contributed by atoms with van der Waals surface area (Å²) in [7, 11) is 1.75. The number of benzene rings is 2. The molecule has 7 heteroatoms. The Hall–Kier alpha value is -3.48. The van der Waals surface area contributed by atoms with Crippen LogP contribution >= 0.6 is 0 Å². The zero-order valence-corrected chi connectivity index (χ0v) is 14.5. The number of fused-ring (bicyclic) bond motifs is 1. The Bertz CT molecular complexity index is 1140. The van der Waals surface area contributed by atoms with Crippen LogP contribution in [0.4, 0.5) is 14.7 Å². The third kappa shape index (κ3) is 3.31. The molecule has 0 fully saturated rings. The van der Waals surface area contributed by atoms with Gasteiger partial charge in [-0.15, -0.1) is 0 Å². The molecule has 5 nitrogen and oxygen atoms in total. The Kier molecular flexibility index (Phi) is 4.19. The van der Waals surface area contributed by atoms with Crippen LogP contribution in [0.2, 0.25) is 0 Å². The zero-order valence-electron chi connectivity index (χ0n) is 14.5. The van der Waals surface area contributed by atoms with Crippen molar-refractivity contribution in [3.05, 3.63) is 88.5 Å². The highest BCUT2D eigenvalue weighted by Crippen LogP contribution is 2.20. The van der Waals surface area contributed by atoms with E-state index in [2.05, 4.69) is 10.3 Å². The van der Waals surface area contributed by atoms with Gasteiger partial charge in [0.25, 0.3) is 5.56 Å². The Balaban J connectivity index is 1.93. The molecule has 136 valence electrons. The van der Waals surface area contributed by atoms with E-state index in [1.807, 2.05) is 6.07 Å². The molecule has 0 unspecified atom stereocenters. The van der Waals surface area contributed by atoms with E-state index in [-0.39, 0.29) is 23.7 Å². The van der Waals surface area contributed by atoms with Crippen molar-refractivity contribution in [3.63, 3.8) is 0 Å². The average Bonchev–Trinajstić information content (AvgIpc) is 2.62. The zero-order chi connectivity index (χ0) is 19.0. The van der Waals surface area contributed by atoms with E-state index in [0.717, 1.165) is 0 Å². The van der Waals surface area contributed by atoms with E-state index in [4.69, 9.17) is 0 Å². The van der Waals surface area contributed by atoms with Gasteiger partial charge in [-0.1, -0.05) is 18.2 Å². The van der Waals surface area contributed by atoms with E-state index in [9.17, 15) is 13.6 Å². The Morgan fingerprint density at radius 2 is 1.89 bits per heavy atom. The summed E-state index contributed by atoms with van der Waals surface area (Å²) in [6.45, 7) is 0.182. The monoisotopic (exact) mass is 366 g/mol. The highest BCUT2D eigenvalue weighted by molar-refractivity contribution is 5.79. The van der Waals surface area contributed by atoms with Gasteiger partial charge in [0.15, 0.2) is 0 Å². The summed E-state index contributed by atoms with van der Waals surface area (Å²) in [5.74, 6) is -0.599. The number of nitrogens with one attached hydrogen (secondary N) is 1. The number of hydrogen-bond donors (Lipinski definition) is 1. The molecular weight excluding hydrogens is 350 g/mol. The van der Waals surface area contributed by atoms with Gasteiger partial charge in [-0.3, -0.25) is 4.79 Å². The van der Waals surface area contributed by atoms with Gasteiger partial charge in [0.05, 0.1) is 28.8 Å². The second-order valence-electron chi connectivity index (χ2n) is 6.29. The molecule has 0 aliphatic carbocycles. The molecule has 0 amide bonds. The number of rotatable bonds is 3. The first kappa shape index (κ1) is 17.0. The number of aromatic nitrogens is 2. The van der Waals surface area contributed by atoms with Gasteiger partial charge in [0.2, 0.25) is 5.95 Å². The minimum absolute atomic E-state index is 0.167. The molecule has 2 aromatic carbocycles. The van der Waals surface area contributed by atoms with Gasteiger partial charge in [-0.2, -0.15) is 0 Å². The second kappa shape index (κ2) is 6.68. The van der Waals surface area contributed by atoms with Crippen LogP contribution in [-0.4, -0.2) is 28.0 Å². The lowest BCUT2D eigenvalue weighted by molar-refractivity contribution is 0.427.